The number of fused-ring (bicyclic) bond motifs is 10. The van der Waals surface area contributed by atoms with E-state index in [1.165, 1.54) is 0 Å². The topological polar surface area (TPSA) is 75.6 Å². The minimum absolute atomic E-state index is 0.109. The van der Waals surface area contributed by atoms with Crippen molar-refractivity contribution in [3.05, 3.63) is 144 Å². The molecule has 6 aromatic carbocycles. The number of ether oxygens (including phenoxy) is 1. The van der Waals surface area contributed by atoms with E-state index in [0.29, 0.717) is 0 Å². The van der Waals surface area contributed by atoms with Crippen LogP contribution in [-0.2, 0) is 22.4 Å². The van der Waals surface area contributed by atoms with Crippen molar-refractivity contribution in [2.24, 2.45) is 0 Å². The molecule has 0 fully saturated rings. The van der Waals surface area contributed by atoms with E-state index in [1.54, 1.807) is 0 Å². The van der Waals surface area contributed by atoms with E-state index >= 15 is 0 Å². The van der Waals surface area contributed by atoms with Crippen LogP contribution < -0.4 is 5.32 Å². The first-order valence-electron chi connectivity index (χ1n) is 14.9. The number of carbonyl (C=O) groups is 2. The Labute approximate surface area is 254 Å². The maximum absolute atomic E-state index is 13.6. The average Bonchev–Trinajstić information content (AvgIpc) is 3.28. The molecule has 0 heterocycles. The second-order valence-corrected chi connectivity index (χ2v) is 11.8. The molecule has 6 aromatic rings. The highest BCUT2D eigenvalue weighted by Crippen LogP contribution is 2.46. The molecule has 44 heavy (non-hydrogen) atoms. The molecule has 0 bridgehead atoms. The molecule has 0 aliphatic heterocycles. The molecule has 0 unspecified atom stereocenters. The van der Waals surface area contributed by atoms with E-state index in [2.05, 4.69) is 53.8 Å². The molecule has 5 heteroatoms. The van der Waals surface area contributed by atoms with Gasteiger partial charge in [-0.05, 0) is 66.1 Å². The molecular weight excluding hydrogens is 546 g/mol. The van der Waals surface area contributed by atoms with Gasteiger partial charge in [-0.15, -0.1) is 0 Å². The van der Waals surface area contributed by atoms with Gasteiger partial charge in [-0.2, -0.15) is 0 Å². The number of aliphatic carboxylic acids is 1. The zero-order valence-corrected chi connectivity index (χ0v) is 23.9. The lowest BCUT2D eigenvalue weighted by atomic mass is 9.86. The Morgan fingerprint density at radius 3 is 1.66 bits per heavy atom. The number of carboxylic acid groups (broad SMARTS) is 1. The highest BCUT2D eigenvalue weighted by atomic mass is 16.5. The van der Waals surface area contributed by atoms with Gasteiger partial charge in [0.25, 0.3) is 0 Å². The summed E-state index contributed by atoms with van der Waals surface area (Å²) in [5, 5.41) is 18.0. The number of hydrogen-bond donors (Lipinski definition) is 2. The van der Waals surface area contributed by atoms with Gasteiger partial charge in [-0.25, -0.2) is 9.59 Å². The Bertz CT molecular complexity index is 2000. The Kier molecular flexibility index (Phi) is 6.02. The fourth-order valence-corrected chi connectivity index (χ4v) is 7.35. The number of rotatable bonds is 4. The lowest BCUT2D eigenvalue weighted by molar-refractivity contribution is -0.144. The van der Waals surface area contributed by atoms with E-state index < -0.39 is 17.6 Å². The van der Waals surface area contributed by atoms with Crippen LogP contribution >= 0.6 is 0 Å². The molecule has 0 spiro atoms. The summed E-state index contributed by atoms with van der Waals surface area (Å²) in [6.45, 7) is 0.109. The Morgan fingerprint density at radius 2 is 1.14 bits per heavy atom. The van der Waals surface area contributed by atoms with Gasteiger partial charge in [-0.1, -0.05) is 121 Å². The molecule has 0 radical (unpaired) electrons. The second-order valence-electron chi connectivity index (χ2n) is 11.8. The molecule has 5 nitrogen and oxygen atoms in total. The van der Waals surface area contributed by atoms with Gasteiger partial charge in [0, 0.05) is 18.8 Å². The van der Waals surface area contributed by atoms with Crippen LogP contribution in [0.3, 0.4) is 0 Å². The highest BCUT2D eigenvalue weighted by molar-refractivity contribution is 6.08. The van der Waals surface area contributed by atoms with Crippen molar-refractivity contribution in [3.8, 4) is 22.3 Å². The van der Waals surface area contributed by atoms with E-state index in [9.17, 15) is 14.7 Å². The van der Waals surface area contributed by atoms with Gasteiger partial charge in [0.15, 0.2) is 0 Å². The SMILES string of the molecule is O=C(NC1(C(=O)O)Cc2ccc3ccccc3c2-c2c(ccc3ccccc23)C1)OCC1c2ccccc2-c2ccccc21. The highest BCUT2D eigenvalue weighted by Gasteiger charge is 2.44. The molecule has 2 N–H and O–H groups in total. The van der Waals surface area contributed by atoms with Crippen LogP contribution in [0.2, 0.25) is 0 Å². The summed E-state index contributed by atoms with van der Waals surface area (Å²) in [6.07, 6.45) is -0.494. The minimum Gasteiger partial charge on any atom is -0.479 e. The fourth-order valence-electron chi connectivity index (χ4n) is 7.35. The number of hydrogen-bond acceptors (Lipinski definition) is 3. The minimum atomic E-state index is -1.60. The Morgan fingerprint density at radius 1 is 0.659 bits per heavy atom. The molecule has 214 valence electrons. The number of carbonyl (C=O) groups excluding carboxylic acids is 1. The van der Waals surface area contributed by atoms with Crippen LogP contribution in [0.5, 0.6) is 0 Å². The molecular formula is C39H29NO4. The van der Waals surface area contributed by atoms with Crippen LogP contribution in [-0.4, -0.2) is 29.3 Å². The summed E-state index contributed by atoms with van der Waals surface area (Å²) < 4.78 is 5.86. The third-order valence-corrected chi connectivity index (χ3v) is 9.36. The van der Waals surface area contributed by atoms with E-state index in [-0.39, 0.29) is 25.4 Å². The quantitative estimate of drug-likeness (QED) is 0.223. The van der Waals surface area contributed by atoms with Crippen LogP contribution in [0.1, 0.15) is 28.2 Å². The third-order valence-electron chi connectivity index (χ3n) is 9.36. The summed E-state index contributed by atoms with van der Waals surface area (Å²) in [4.78, 5) is 26.8. The smallest absolute Gasteiger partial charge is 0.408 e. The molecule has 0 aromatic heterocycles. The third kappa shape index (κ3) is 4.08. The van der Waals surface area contributed by atoms with Gasteiger partial charge in [0.2, 0.25) is 0 Å². The summed E-state index contributed by atoms with van der Waals surface area (Å²) in [7, 11) is 0. The lowest BCUT2D eigenvalue weighted by Gasteiger charge is -2.30. The predicted molar refractivity (Wildman–Crippen MR) is 173 cm³/mol. The lowest BCUT2D eigenvalue weighted by Crippen LogP contribution is -2.57. The molecule has 2 aliphatic rings. The monoisotopic (exact) mass is 575 g/mol. The molecule has 1 amide bonds. The van der Waals surface area contributed by atoms with Gasteiger partial charge >= 0.3 is 12.1 Å². The number of nitrogens with one attached hydrogen (secondary N) is 1. The molecule has 0 saturated heterocycles. The maximum Gasteiger partial charge on any atom is 0.408 e. The van der Waals surface area contributed by atoms with Crippen molar-refractivity contribution in [1.29, 1.82) is 0 Å². The molecule has 8 rings (SSSR count). The second kappa shape index (κ2) is 10.1. The molecule has 2 aliphatic carbocycles. The maximum atomic E-state index is 13.6. The zero-order valence-electron chi connectivity index (χ0n) is 23.9. The van der Waals surface area contributed by atoms with Crippen LogP contribution in [0.15, 0.2) is 121 Å². The first kappa shape index (κ1) is 26.2. The molecule has 0 saturated carbocycles. The van der Waals surface area contributed by atoms with Gasteiger partial charge < -0.3 is 15.2 Å². The van der Waals surface area contributed by atoms with Crippen molar-refractivity contribution < 1.29 is 19.4 Å². The summed E-state index contributed by atoms with van der Waals surface area (Å²) in [6, 6.07) is 40.7. The van der Waals surface area contributed by atoms with Gasteiger partial charge in [0.05, 0.1) is 0 Å². The Hall–Kier alpha value is -5.42. The largest absolute Gasteiger partial charge is 0.479 e. The van der Waals surface area contributed by atoms with E-state index in [0.717, 1.165) is 66.1 Å². The van der Waals surface area contributed by atoms with Crippen molar-refractivity contribution >= 4 is 33.6 Å². The summed E-state index contributed by atoms with van der Waals surface area (Å²) in [5.74, 6) is -1.21. The van der Waals surface area contributed by atoms with Crippen molar-refractivity contribution in [3.63, 3.8) is 0 Å². The fraction of sp³-hybridized carbons (Fsp3) is 0.128. The summed E-state index contributed by atoms with van der Waals surface area (Å²) >= 11 is 0. The predicted octanol–water partition coefficient (Wildman–Crippen LogP) is 8.12. The number of benzene rings is 6. The standard InChI is InChI=1S/C39H29NO4/c41-37(42)39(40-38(43)44-23-34-32-15-7-5-13-30(32)31-14-6-8-16-33(31)34)21-26-19-17-24-9-1-3-11-28(24)35(26)36-27(22-39)20-18-25-10-2-4-12-29(25)36/h1-20,34H,21-23H2,(H,40,43)(H,41,42). The number of carboxylic acids is 1. The van der Waals surface area contributed by atoms with E-state index in [4.69, 9.17) is 4.74 Å². The van der Waals surface area contributed by atoms with Crippen LogP contribution in [0.4, 0.5) is 4.79 Å². The number of amides is 1. The van der Waals surface area contributed by atoms with Crippen molar-refractivity contribution in [1.82, 2.24) is 5.32 Å². The summed E-state index contributed by atoms with van der Waals surface area (Å²) in [5.41, 5.74) is 6.66. The van der Waals surface area contributed by atoms with Crippen molar-refractivity contribution in [2.45, 2.75) is 24.3 Å². The van der Waals surface area contributed by atoms with Gasteiger partial charge in [-0.3, -0.25) is 0 Å². The van der Waals surface area contributed by atoms with Crippen LogP contribution in [0, 0.1) is 0 Å². The molecule has 0 atom stereocenters. The first-order chi connectivity index (χ1) is 21.5. The van der Waals surface area contributed by atoms with E-state index in [1.807, 2.05) is 72.8 Å². The number of alkyl carbamates (subject to hydrolysis) is 1. The van der Waals surface area contributed by atoms with Crippen LogP contribution in [0.25, 0.3) is 43.8 Å². The Balaban J connectivity index is 1.18. The first-order valence-corrected chi connectivity index (χ1v) is 14.9. The van der Waals surface area contributed by atoms with Gasteiger partial charge in [0.1, 0.15) is 12.1 Å². The zero-order chi connectivity index (χ0) is 29.8. The normalized spacial score (nSPS) is 14.6. The van der Waals surface area contributed by atoms with Crippen molar-refractivity contribution in [2.75, 3.05) is 6.61 Å². The average molecular weight is 576 g/mol.